The van der Waals surface area contributed by atoms with Gasteiger partial charge in [0.2, 0.25) is 0 Å². The summed E-state index contributed by atoms with van der Waals surface area (Å²) in [4.78, 5) is 21.2. The number of thiazole rings is 2. The Kier molecular flexibility index (Phi) is 3.98. The highest BCUT2D eigenvalue weighted by atomic mass is 32.1. The number of benzene rings is 2. The summed E-state index contributed by atoms with van der Waals surface area (Å²) in [5.74, 6) is 1.04. The zero-order chi connectivity index (χ0) is 17.4. The average molecular weight is 371 g/mol. The number of aromatic nitrogens is 2. The molecule has 1 N–H and O–H groups in total. The minimum absolute atomic E-state index is 0.201. The largest absolute Gasteiger partial charge is 0.493 e. The van der Waals surface area contributed by atoms with E-state index in [1.165, 1.54) is 22.7 Å². The van der Waals surface area contributed by atoms with Gasteiger partial charge in [-0.1, -0.05) is 11.3 Å². The van der Waals surface area contributed by atoms with E-state index in [4.69, 9.17) is 9.47 Å². The van der Waals surface area contributed by atoms with Crippen molar-refractivity contribution in [2.24, 2.45) is 0 Å². The number of rotatable bonds is 4. The molecule has 4 rings (SSSR count). The van der Waals surface area contributed by atoms with Gasteiger partial charge < -0.3 is 9.47 Å². The van der Waals surface area contributed by atoms with Crippen LogP contribution in [0.4, 0.5) is 5.13 Å². The molecule has 0 aliphatic heterocycles. The second-order valence-electron chi connectivity index (χ2n) is 5.18. The van der Waals surface area contributed by atoms with Crippen LogP contribution in [0.3, 0.4) is 0 Å². The minimum Gasteiger partial charge on any atom is -0.493 e. The van der Waals surface area contributed by atoms with Gasteiger partial charge in [-0.05, 0) is 18.2 Å². The van der Waals surface area contributed by atoms with Gasteiger partial charge >= 0.3 is 0 Å². The highest BCUT2D eigenvalue weighted by Crippen LogP contribution is 2.36. The highest BCUT2D eigenvalue weighted by molar-refractivity contribution is 7.22. The van der Waals surface area contributed by atoms with Gasteiger partial charge in [0.05, 0.1) is 40.2 Å². The highest BCUT2D eigenvalue weighted by Gasteiger charge is 2.14. The topological polar surface area (TPSA) is 73.3 Å². The van der Waals surface area contributed by atoms with Crippen molar-refractivity contribution in [1.82, 2.24) is 9.97 Å². The molecule has 8 heteroatoms. The molecule has 0 bridgehead atoms. The predicted octanol–water partition coefficient (Wildman–Crippen LogP) is 4.18. The molecule has 0 saturated heterocycles. The Labute approximate surface area is 151 Å². The van der Waals surface area contributed by atoms with Crippen molar-refractivity contribution in [3.8, 4) is 11.5 Å². The van der Waals surface area contributed by atoms with Crippen molar-refractivity contribution in [1.29, 1.82) is 0 Å². The first kappa shape index (κ1) is 15.8. The van der Waals surface area contributed by atoms with Gasteiger partial charge in [-0.3, -0.25) is 10.1 Å². The Hall–Kier alpha value is -2.71. The number of hydrogen-bond acceptors (Lipinski definition) is 7. The van der Waals surface area contributed by atoms with Crippen LogP contribution in [-0.2, 0) is 0 Å². The van der Waals surface area contributed by atoms with Crippen molar-refractivity contribution in [3.05, 3.63) is 41.4 Å². The molecule has 2 aromatic carbocycles. The Bertz CT molecular complexity index is 1050. The number of methoxy groups -OCH3 is 2. The third-order valence-corrected chi connectivity index (χ3v) is 5.43. The minimum atomic E-state index is -0.201. The number of ether oxygens (including phenoxy) is 2. The Balaban J connectivity index is 1.64. The van der Waals surface area contributed by atoms with Crippen LogP contribution in [-0.4, -0.2) is 30.1 Å². The molecule has 0 spiro atoms. The van der Waals surface area contributed by atoms with E-state index in [1.807, 2.05) is 18.2 Å². The molecule has 0 aliphatic carbocycles. The van der Waals surface area contributed by atoms with Crippen molar-refractivity contribution < 1.29 is 14.3 Å². The van der Waals surface area contributed by atoms with Crippen molar-refractivity contribution >= 4 is 54.1 Å². The molecular weight excluding hydrogens is 358 g/mol. The van der Waals surface area contributed by atoms with Gasteiger partial charge in [-0.25, -0.2) is 9.97 Å². The fraction of sp³-hybridized carbons (Fsp3) is 0.118. The van der Waals surface area contributed by atoms with E-state index < -0.39 is 0 Å². The zero-order valence-corrected chi connectivity index (χ0v) is 15.0. The van der Waals surface area contributed by atoms with Gasteiger partial charge in [0.25, 0.3) is 5.91 Å². The molecular formula is C17H13N3O3S2. The number of nitrogens with one attached hydrogen (secondary N) is 1. The maximum Gasteiger partial charge on any atom is 0.257 e. The normalized spacial score (nSPS) is 11.0. The summed E-state index contributed by atoms with van der Waals surface area (Å²) in [5.41, 5.74) is 3.98. The number of carbonyl (C=O) groups is 1. The van der Waals surface area contributed by atoms with E-state index in [0.717, 1.165) is 20.4 Å². The van der Waals surface area contributed by atoms with Crippen LogP contribution in [0.25, 0.3) is 20.4 Å². The van der Waals surface area contributed by atoms with Gasteiger partial charge in [0.1, 0.15) is 0 Å². The van der Waals surface area contributed by atoms with Crippen LogP contribution in [0.1, 0.15) is 10.4 Å². The maximum atomic E-state index is 12.5. The second kappa shape index (κ2) is 6.30. The molecule has 0 unspecified atom stereocenters. The van der Waals surface area contributed by atoms with E-state index >= 15 is 0 Å². The first-order valence-corrected chi connectivity index (χ1v) is 9.04. The molecule has 0 aliphatic rings. The van der Waals surface area contributed by atoms with Crippen molar-refractivity contribution in [2.45, 2.75) is 0 Å². The first-order chi connectivity index (χ1) is 12.2. The summed E-state index contributed by atoms with van der Waals surface area (Å²) in [7, 11) is 3.16. The quantitative estimate of drug-likeness (QED) is 0.583. The summed E-state index contributed by atoms with van der Waals surface area (Å²) >= 11 is 2.89. The molecule has 0 saturated carbocycles. The molecule has 4 aromatic rings. The van der Waals surface area contributed by atoms with Crippen LogP contribution in [0.2, 0.25) is 0 Å². The molecule has 6 nitrogen and oxygen atoms in total. The Morgan fingerprint density at radius 3 is 2.64 bits per heavy atom. The summed E-state index contributed by atoms with van der Waals surface area (Å²) in [5, 5.41) is 3.38. The lowest BCUT2D eigenvalue weighted by atomic mass is 10.2. The molecule has 2 heterocycles. The van der Waals surface area contributed by atoms with Crippen LogP contribution in [0, 0.1) is 0 Å². The van der Waals surface area contributed by atoms with Crippen LogP contribution in [0.15, 0.2) is 35.8 Å². The van der Waals surface area contributed by atoms with Gasteiger partial charge in [0.15, 0.2) is 16.6 Å². The van der Waals surface area contributed by atoms with Gasteiger partial charge in [0, 0.05) is 17.7 Å². The number of hydrogen-bond donors (Lipinski definition) is 1. The van der Waals surface area contributed by atoms with Crippen LogP contribution < -0.4 is 14.8 Å². The molecule has 2 aromatic heterocycles. The standard InChI is InChI=1S/C17H13N3O3S2/c1-22-12-6-11-15(7-13(12)23-2)25-17(19-11)20-16(21)9-3-4-10-14(5-9)24-8-18-10/h3-8H,1-2H3,(H,19,20,21). The van der Waals surface area contributed by atoms with Crippen molar-refractivity contribution in [3.63, 3.8) is 0 Å². The average Bonchev–Trinajstić information content (AvgIpc) is 3.25. The number of fused-ring (bicyclic) bond motifs is 2. The van der Waals surface area contributed by atoms with E-state index in [1.54, 1.807) is 31.9 Å². The number of nitrogens with zero attached hydrogens (tertiary/aromatic N) is 2. The van der Waals surface area contributed by atoms with E-state index in [0.29, 0.717) is 22.2 Å². The summed E-state index contributed by atoms with van der Waals surface area (Å²) < 4.78 is 12.5. The van der Waals surface area contributed by atoms with Crippen molar-refractivity contribution in [2.75, 3.05) is 19.5 Å². The van der Waals surface area contributed by atoms with Gasteiger partial charge in [-0.2, -0.15) is 0 Å². The maximum absolute atomic E-state index is 12.5. The third-order valence-electron chi connectivity index (χ3n) is 3.71. The number of amides is 1. The van der Waals surface area contributed by atoms with Crippen LogP contribution in [0.5, 0.6) is 11.5 Å². The predicted molar refractivity (Wildman–Crippen MR) is 100 cm³/mol. The van der Waals surface area contributed by atoms with E-state index in [2.05, 4.69) is 15.3 Å². The zero-order valence-electron chi connectivity index (χ0n) is 13.4. The summed E-state index contributed by atoms with van der Waals surface area (Å²) in [6.45, 7) is 0. The van der Waals surface area contributed by atoms with Crippen LogP contribution >= 0.6 is 22.7 Å². The lowest BCUT2D eigenvalue weighted by molar-refractivity contribution is 0.102. The fourth-order valence-corrected chi connectivity index (χ4v) is 4.06. The molecule has 126 valence electrons. The Morgan fingerprint density at radius 2 is 1.84 bits per heavy atom. The molecule has 0 radical (unpaired) electrons. The third kappa shape index (κ3) is 2.90. The lowest BCUT2D eigenvalue weighted by Gasteiger charge is -2.05. The molecule has 1 amide bonds. The number of anilines is 1. The molecule has 0 atom stereocenters. The van der Waals surface area contributed by atoms with Gasteiger partial charge in [-0.15, -0.1) is 11.3 Å². The summed E-state index contributed by atoms with van der Waals surface area (Å²) in [6.07, 6.45) is 0. The van der Waals surface area contributed by atoms with E-state index in [-0.39, 0.29) is 5.91 Å². The fourth-order valence-electron chi connectivity index (χ4n) is 2.47. The second-order valence-corrected chi connectivity index (χ2v) is 7.10. The number of carbonyl (C=O) groups excluding carboxylic acids is 1. The SMILES string of the molecule is COc1cc2nc(NC(=O)c3ccc4ncsc4c3)sc2cc1OC. The monoisotopic (exact) mass is 371 g/mol. The smallest absolute Gasteiger partial charge is 0.257 e. The lowest BCUT2D eigenvalue weighted by Crippen LogP contribution is -2.11. The Morgan fingerprint density at radius 1 is 1.04 bits per heavy atom. The molecule has 25 heavy (non-hydrogen) atoms. The first-order valence-electron chi connectivity index (χ1n) is 7.35. The molecule has 0 fully saturated rings. The van der Waals surface area contributed by atoms with E-state index in [9.17, 15) is 4.79 Å². The summed E-state index contributed by atoms with van der Waals surface area (Å²) in [6, 6.07) is 9.09.